The first-order chi connectivity index (χ1) is 15.2. The fourth-order valence-electron chi connectivity index (χ4n) is 5.56. The quantitative estimate of drug-likeness (QED) is 0.530. The van der Waals surface area contributed by atoms with Gasteiger partial charge in [0.25, 0.3) is 0 Å². The van der Waals surface area contributed by atoms with Gasteiger partial charge in [0, 0.05) is 30.7 Å². The van der Waals surface area contributed by atoms with E-state index in [0.717, 1.165) is 18.7 Å². The number of carbonyl (C=O) groups is 1. The number of carbonyl (C=O) groups excluding carboxylic acids is 1. The molecule has 3 atom stereocenters. The summed E-state index contributed by atoms with van der Waals surface area (Å²) in [5, 5.41) is 6.60. The molecule has 3 heteroatoms. The molecule has 3 nitrogen and oxygen atoms in total. The normalized spacial score (nSPS) is 22.7. The molecule has 1 saturated heterocycles. The predicted molar refractivity (Wildman–Crippen MR) is 129 cm³/mol. The fraction of sp³-hybridized carbons (Fsp3) is 0.393. The molecule has 0 bridgehead atoms. The molecule has 2 unspecified atom stereocenters. The highest BCUT2D eigenvalue weighted by Crippen LogP contribution is 2.35. The maximum absolute atomic E-state index is 12.0. The molecule has 2 aliphatic rings. The van der Waals surface area contributed by atoms with Crippen LogP contribution in [0.3, 0.4) is 0 Å². The summed E-state index contributed by atoms with van der Waals surface area (Å²) in [5.41, 5.74) is 3.86. The van der Waals surface area contributed by atoms with Gasteiger partial charge in [-0.05, 0) is 72.6 Å². The summed E-state index contributed by atoms with van der Waals surface area (Å²) in [5.74, 6) is 0.853. The number of hydrogen-bond acceptors (Lipinski definition) is 2. The van der Waals surface area contributed by atoms with E-state index in [-0.39, 0.29) is 5.91 Å². The molecule has 160 valence electrons. The minimum Gasteiger partial charge on any atom is -0.312 e. The Morgan fingerprint density at radius 1 is 0.935 bits per heavy atom. The molecule has 2 fully saturated rings. The van der Waals surface area contributed by atoms with E-state index in [1.54, 1.807) is 0 Å². The van der Waals surface area contributed by atoms with Crippen molar-refractivity contribution >= 4 is 22.4 Å². The molecular formula is C28H32N2O. The summed E-state index contributed by atoms with van der Waals surface area (Å²) in [7, 11) is 0. The fourth-order valence-corrected chi connectivity index (χ4v) is 5.56. The van der Waals surface area contributed by atoms with Gasteiger partial charge in [-0.25, -0.2) is 0 Å². The van der Waals surface area contributed by atoms with E-state index in [0.29, 0.717) is 24.4 Å². The van der Waals surface area contributed by atoms with Crippen molar-refractivity contribution < 1.29 is 4.79 Å². The second-order valence-corrected chi connectivity index (χ2v) is 9.26. The SMILES string of the molecule is CC(NC1CCC[C@H](c2ccc(N3CCCC3=O)cc2)C1)c1cccc2ccccc12. The molecular weight excluding hydrogens is 380 g/mol. The smallest absolute Gasteiger partial charge is 0.227 e. The van der Waals surface area contributed by atoms with Crippen LogP contribution >= 0.6 is 0 Å². The lowest BCUT2D eigenvalue weighted by Crippen LogP contribution is -2.35. The van der Waals surface area contributed by atoms with Gasteiger partial charge in [0.05, 0.1) is 0 Å². The van der Waals surface area contributed by atoms with E-state index in [1.807, 2.05) is 4.90 Å². The van der Waals surface area contributed by atoms with E-state index >= 15 is 0 Å². The van der Waals surface area contributed by atoms with Gasteiger partial charge in [-0.2, -0.15) is 0 Å². The lowest BCUT2D eigenvalue weighted by atomic mass is 9.81. The summed E-state index contributed by atoms with van der Waals surface area (Å²) < 4.78 is 0. The third-order valence-electron chi connectivity index (χ3n) is 7.20. The van der Waals surface area contributed by atoms with Crippen LogP contribution in [-0.2, 0) is 4.79 Å². The summed E-state index contributed by atoms with van der Waals surface area (Å²) in [6.45, 7) is 3.16. The van der Waals surface area contributed by atoms with Crippen molar-refractivity contribution in [2.45, 2.75) is 63.5 Å². The summed E-state index contributed by atoms with van der Waals surface area (Å²) in [6.07, 6.45) is 6.60. The standard InChI is InChI=1S/C28H32N2O/c1-20(26-12-5-8-22-7-2-3-11-27(22)26)29-24-10-4-9-23(19-24)21-14-16-25(17-15-21)30-18-6-13-28(30)31/h2-3,5,7-8,11-12,14-17,20,23-24,29H,4,6,9-10,13,18-19H2,1H3/t20?,23-,24?/m0/s1. The minimum absolute atomic E-state index is 0.261. The van der Waals surface area contributed by atoms with Crippen LogP contribution in [0.1, 0.15) is 68.5 Å². The van der Waals surface area contributed by atoms with Crippen LogP contribution in [0.5, 0.6) is 0 Å². The van der Waals surface area contributed by atoms with Gasteiger partial charge >= 0.3 is 0 Å². The van der Waals surface area contributed by atoms with Gasteiger partial charge in [-0.15, -0.1) is 0 Å². The Hall–Kier alpha value is -2.65. The number of amides is 1. The summed E-state index contributed by atoms with van der Waals surface area (Å²) in [6, 6.07) is 25.0. The predicted octanol–water partition coefficient (Wildman–Crippen LogP) is 6.34. The van der Waals surface area contributed by atoms with Crippen LogP contribution in [-0.4, -0.2) is 18.5 Å². The minimum atomic E-state index is 0.261. The van der Waals surface area contributed by atoms with E-state index < -0.39 is 0 Å². The van der Waals surface area contributed by atoms with Crippen LogP contribution in [0.4, 0.5) is 5.69 Å². The average molecular weight is 413 g/mol. The van der Waals surface area contributed by atoms with Crippen LogP contribution in [0, 0.1) is 0 Å². The molecule has 1 aliphatic heterocycles. The Morgan fingerprint density at radius 3 is 2.55 bits per heavy atom. The highest BCUT2D eigenvalue weighted by Gasteiger charge is 2.26. The number of hydrogen-bond donors (Lipinski definition) is 1. The molecule has 1 saturated carbocycles. The number of fused-ring (bicyclic) bond motifs is 1. The lowest BCUT2D eigenvalue weighted by Gasteiger charge is -2.33. The lowest BCUT2D eigenvalue weighted by molar-refractivity contribution is -0.117. The van der Waals surface area contributed by atoms with Gasteiger partial charge in [-0.1, -0.05) is 61.0 Å². The molecule has 1 amide bonds. The largest absolute Gasteiger partial charge is 0.312 e. The van der Waals surface area contributed by atoms with E-state index in [9.17, 15) is 4.79 Å². The molecule has 0 aromatic heterocycles. The van der Waals surface area contributed by atoms with Gasteiger partial charge in [0.1, 0.15) is 0 Å². The Balaban J connectivity index is 1.26. The van der Waals surface area contributed by atoms with E-state index in [4.69, 9.17) is 0 Å². The van der Waals surface area contributed by atoms with Crippen LogP contribution in [0.15, 0.2) is 66.7 Å². The third-order valence-corrected chi connectivity index (χ3v) is 7.20. The van der Waals surface area contributed by atoms with Crippen molar-refractivity contribution in [2.75, 3.05) is 11.4 Å². The van der Waals surface area contributed by atoms with Crippen molar-refractivity contribution in [2.24, 2.45) is 0 Å². The molecule has 3 aromatic carbocycles. The Bertz CT molecular complexity index is 1050. The zero-order valence-electron chi connectivity index (χ0n) is 18.4. The summed E-state index contributed by atoms with van der Waals surface area (Å²) >= 11 is 0. The van der Waals surface area contributed by atoms with Crippen molar-refractivity contribution in [3.8, 4) is 0 Å². The maximum atomic E-state index is 12.0. The second kappa shape index (κ2) is 8.84. The molecule has 3 aromatic rings. The zero-order valence-corrected chi connectivity index (χ0v) is 18.4. The van der Waals surface area contributed by atoms with Crippen LogP contribution in [0.25, 0.3) is 10.8 Å². The first kappa shape index (κ1) is 20.3. The molecule has 5 rings (SSSR count). The number of rotatable bonds is 5. The third kappa shape index (κ3) is 4.24. The monoisotopic (exact) mass is 412 g/mol. The topological polar surface area (TPSA) is 32.3 Å². The van der Waals surface area contributed by atoms with Crippen LogP contribution < -0.4 is 10.2 Å². The molecule has 1 N–H and O–H groups in total. The van der Waals surface area contributed by atoms with Crippen molar-refractivity contribution in [3.05, 3.63) is 77.9 Å². The molecule has 1 heterocycles. The number of nitrogens with one attached hydrogen (secondary N) is 1. The van der Waals surface area contributed by atoms with E-state index in [1.165, 1.54) is 47.6 Å². The highest BCUT2D eigenvalue weighted by molar-refractivity contribution is 5.95. The molecule has 1 aliphatic carbocycles. The van der Waals surface area contributed by atoms with Gasteiger partial charge in [0.15, 0.2) is 0 Å². The molecule has 0 radical (unpaired) electrons. The van der Waals surface area contributed by atoms with Gasteiger partial charge in [0.2, 0.25) is 5.91 Å². The van der Waals surface area contributed by atoms with Gasteiger partial charge < -0.3 is 10.2 Å². The highest BCUT2D eigenvalue weighted by atomic mass is 16.2. The van der Waals surface area contributed by atoms with Crippen molar-refractivity contribution in [3.63, 3.8) is 0 Å². The summed E-state index contributed by atoms with van der Waals surface area (Å²) in [4.78, 5) is 14.0. The number of anilines is 1. The Kier molecular flexibility index (Phi) is 5.78. The first-order valence-corrected chi connectivity index (χ1v) is 11.8. The molecule has 0 spiro atoms. The zero-order chi connectivity index (χ0) is 21.2. The number of benzene rings is 3. The Morgan fingerprint density at radius 2 is 1.74 bits per heavy atom. The Labute approximate surface area is 185 Å². The van der Waals surface area contributed by atoms with Crippen LogP contribution in [0.2, 0.25) is 0 Å². The average Bonchev–Trinajstić information content (AvgIpc) is 3.25. The van der Waals surface area contributed by atoms with Crippen molar-refractivity contribution in [1.82, 2.24) is 5.32 Å². The first-order valence-electron chi connectivity index (χ1n) is 11.8. The molecule has 31 heavy (non-hydrogen) atoms. The van der Waals surface area contributed by atoms with Gasteiger partial charge in [-0.3, -0.25) is 4.79 Å². The second-order valence-electron chi connectivity index (χ2n) is 9.26. The van der Waals surface area contributed by atoms with Crippen molar-refractivity contribution in [1.29, 1.82) is 0 Å². The maximum Gasteiger partial charge on any atom is 0.227 e. The van der Waals surface area contributed by atoms with E-state index in [2.05, 4.69) is 79.0 Å². The number of nitrogens with zero attached hydrogens (tertiary/aromatic N) is 1.